The standard InChI is InChI=1S/C12H11NO2/c1-2-6-10-9(5-1)12(15-13-10)11-7-3-4-8-14-11/h1-2,5-7H,3-4,8H2. The van der Waals surface area contributed by atoms with Gasteiger partial charge in [0.25, 0.3) is 0 Å². The maximum absolute atomic E-state index is 5.56. The van der Waals surface area contributed by atoms with Crippen molar-refractivity contribution in [3.05, 3.63) is 36.1 Å². The van der Waals surface area contributed by atoms with E-state index in [9.17, 15) is 0 Å². The van der Waals surface area contributed by atoms with Gasteiger partial charge in [-0.1, -0.05) is 17.3 Å². The molecule has 0 N–H and O–H groups in total. The second-order valence-electron chi connectivity index (χ2n) is 3.59. The van der Waals surface area contributed by atoms with Gasteiger partial charge in [-0.15, -0.1) is 0 Å². The van der Waals surface area contributed by atoms with Crippen LogP contribution in [0.3, 0.4) is 0 Å². The van der Waals surface area contributed by atoms with Crippen LogP contribution in [0.2, 0.25) is 0 Å². The van der Waals surface area contributed by atoms with E-state index in [-0.39, 0.29) is 0 Å². The first-order chi connectivity index (χ1) is 7.45. The van der Waals surface area contributed by atoms with E-state index >= 15 is 0 Å². The fourth-order valence-electron chi connectivity index (χ4n) is 1.78. The van der Waals surface area contributed by atoms with Crippen molar-refractivity contribution in [3.8, 4) is 0 Å². The molecule has 0 amide bonds. The Morgan fingerprint density at radius 3 is 3.00 bits per heavy atom. The first-order valence-electron chi connectivity index (χ1n) is 5.13. The Morgan fingerprint density at radius 2 is 2.13 bits per heavy atom. The lowest BCUT2D eigenvalue weighted by molar-refractivity contribution is 0.245. The molecule has 3 heteroatoms. The van der Waals surface area contributed by atoms with Crippen LogP contribution in [0.15, 0.2) is 34.9 Å². The molecule has 3 rings (SSSR count). The van der Waals surface area contributed by atoms with Crippen LogP contribution in [-0.4, -0.2) is 11.8 Å². The molecule has 0 bridgehead atoms. The summed E-state index contributed by atoms with van der Waals surface area (Å²) in [6.45, 7) is 0.765. The lowest BCUT2D eigenvalue weighted by atomic mass is 10.1. The number of allylic oxidation sites excluding steroid dienone is 1. The van der Waals surface area contributed by atoms with Gasteiger partial charge in [-0.05, 0) is 31.1 Å². The molecule has 0 aliphatic carbocycles. The van der Waals surface area contributed by atoms with Gasteiger partial charge in [0.05, 0.1) is 12.0 Å². The SMILES string of the molecule is C1=C(c2onc3ccccc23)OCCC1. The first-order valence-corrected chi connectivity index (χ1v) is 5.13. The fraction of sp³-hybridized carbons (Fsp3) is 0.250. The zero-order valence-corrected chi connectivity index (χ0v) is 8.27. The molecule has 1 aliphatic rings. The van der Waals surface area contributed by atoms with Gasteiger partial charge >= 0.3 is 0 Å². The van der Waals surface area contributed by atoms with Gasteiger partial charge in [0.2, 0.25) is 5.76 Å². The second kappa shape index (κ2) is 3.42. The monoisotopic (exact) mass is 201 g/mol. The number of ether oxygens (including phenoxy) is 1. The highest BCUT2D eigenvalue weighted by molar-refractivity contribution is 5.87. The molecule has 2 heterocycles. The molecular formula is C12H11NO2. The van der Waals surface area contributed by atoms with Gasteiger partial charge in [0.15, 0.2) is 5.76 Å². The summed E-state index contributed by atoms with van der Waals surface area (Å²) in [6.07, 6.45) is 4.19. The summed E-state index contributed by atoms with van der Waals surface area (Å²) in [4.78, 5) is 0. The zero-order valence-electron chi connectivity index (χ0n) is 8.27. The van der Waals surface area contributed by atoms with E-state index < -0.39 is 0 Å². The number of benzene rings is 1. The first kappa shape index (κ1) is 8.53. The van der Waals surface area contributed by atoms with Crippen LogP contribution in [-0.2, 0) is 4.74 Å². The molecule has 0 saturated carbocycles. The summed E-state index contributed by atoms with van der Waals surface area (Å²) in [5, 5.41) is 5.02. The van der Waals surface area contributed by atoms with Crippen LogP contribution in [0.1, 0.15) is 18.6 Å². The average Bonchev–Trinajstić information content (AvgIpc) is 2.74. The minimum atomic E-state index is 0.755. The number of nitrogens with zero attached hydrogens (tertiary/aromatic N) is 1. The number of aromatic nitrogens is 1. The molecule has 1 aliphatic heterocycles. The summed E-state index contributed by atoms with van der Waals surface area (Å²) < 4.78 is 10.9. The molecule has 0 saturated heterocycles. The summed E-state index contributed by atoms with van der Waals surface area (Å²) in [5.74, 6) is 1.58. The summed E-state index contributed by atoms with van der Waals surface area (Å²) in [6, 6.07) is 7.86. The van der Waals surface area contributed by atoms with Gasteiger partial charge in [-0.2, -0.15) is 0 Å². The van der Waals surface area contributed by atoms with Crippen molar-refractivity contribution in [2.75, 3.05) is 6.61 Å². The minimum absolute atomic E-state index is 0.755. The molecule has 76 valence electrons. The second-order valence-corrected chi connectivity index (χ2v) is 3.59. The van der Waals surface area contributed by atoms with Crippen LogP contribution >= 0.6 is 0 Å². The van der Waals surface area contributed by atoms with E-state index in [0.717, 1.165) is 41.9 Å². The molecule has 0 spiro atoms. The Morgan fingerprint density at radius 1 is 1.20 bits per heavy atom. The van der Waals surface area contributed by atoms with E-state index in [4.69, 9.17) is 9.26 Å². The third-order valence-corrected chi connectivity index (χ3v) is 2.54. The average molecular weight is 201 g/mol. The Balaban J connectivity index is 2.14. The smallest absolute Gasteiger partial charge is 0.208 e. The third-order valence-electron chi connectivity index (χ3n) is 2.54. The van der Waals surface area contributed by atoms with Crippen molar-refractivity contribution in [2.24, 2.45) is 0 Å². The van der Waals surface area contributed by atoms with Crippen molar-refractivity contribution in [2.45, 2.75) is 12.8 Å². The minimum Gasteiger partial charge on any atom is -0.490 e. The molecule has 15 heavy (non-hydrogen) atoms. The Kier molecular flexibility index (Phi) is 1.95. The van der Waals surface area contributed by atoms with Gasteiger partial charge in [-0.25, -0.2) is 0 Å². The molecule has 0 unspecified atom stereocenters. The fourth-order valence-corrected chi connectivity index (χ4v) is 1.78. The van der Waals surface area contributed by atoms with E-state index in [0.29, 0.717) is 0 Å². The molecule has 0 atom stereocenters. The maximum atomic E-state index is 5.56. The Hall–Kier alpha value is -1.77. The summed E-state index contributed by atoms with van der Waals surface area (Å²) >= 11 is 0. The van der Waals surface area contributed by atoms with E-state index in [1.807, 2.05) is 24.3 Å². The normalized spacial score (nSPS) is 16.1. The van der Waals surface area contributed by atoms with Crippen LogP contribution in [0.4, 0.5) is 0 Å². The van der Waals surface area contributed by atoms with Gasteiger partial charge < -0.3 is 9.26 Å². The Labute approximate surface area is 87.3 Å². The summed E-state index contributed by atoms with van der Waals surface area (Å²) in [5.41, 5.74) is 0.877. The highest BCUT2D eigenvalue weighted by Gasteiger charge is 2.15. The van der Waals surface area contributed by atoms with Crippen molar-refractivity contribution >= 4 is 16.7 Å². The van der Waals surface area contributed by atoms with Crippen LogP contribution in [0.5, 0.6) is 0 Å². The van der Waals surface area contributed by atoms with E-state index in [1.165, 1.54) is 0 Å². The van der Waals surface area contributed by atoms with Gasteiger partial charge in [0, 0.05) is 0 Å². The van der Waals surface area contributed by atoms with Crippen molar-refractivity contribution in [1.82, 2.24) is 5.16 Å². The molecule has 1 aromatic heterocycles. The zero-order chi connectivity index (χ0) is 10.1. The summed E-state index contributed by atoms with van der Waals surface area (Å²) in [7, 11) is 0. The number of hydrogen-bond acceptors (Lipinski definition) is 3. The lowest BCUT2D eigenvalue weighted by Gasteiger charge is -2.12. The molecule has 3 nitrogen and oxygen atoms in total. The molecule has 1 aromatic carbocycles. The van der Waals surface area contributed by atoms with Crippen molar-refractivity contribution in [3.63, 3.8) is 0 Å². The van der Waals surface area contributed by atoms with Gasteiger partial charge in [-0.3, -0.25) is 0 Å². The van der Waals surface area contributed by atoms with Gasteiger partial charge in [0.1, 0.15) is 5.52 Å². The number of fused-ring (bicyclic) bond motifs is 1. The molecular weight excluding hydrogens is 190 g/mol. The molecule has 0 fully saturated rings. The predicted octanol–water partition coefficient (Wildman–Crippen LogP) is 2.98. The van der Waals surface area contributed by atoms with Crippen molar-refractivity contribution < 1.29 is 9.26 Å². The van der Waals surface area contributed by atoms with E-state index in [1.54, 1.807) is 0 Å². The number of hydrogen-bond donors (Lipinski definition) is 0. The quantitative estimate of drug-likeness (QED) is 0.711. The highest BCUT2D eigenvalue weighted by Crippen LogP contribution is 2.28. The molecule has 2 aromatic rings. The lowest BCUT2D eigenvalue weighted by Crippen LogP contribution is -1.99. The van der Waals surface area contributed by atoms with Crippen LogP contribution in [0.25, 0.3) is 16.7 Å². The van der Waals surface area contributed by atoms with Crippen LogP contribution in [0, 0.1) is 0 Å². The third kappa shape index (κ3) is 1.40. The van der Waals surface area contributed by atoms with Crippen LogP contribution < -0.4 is 0 Å². The number of rotatable bonds is 1. The molecule has 0 radical (unpaired) electrons. The highest BCUT2D eigenvalue weighted by atomic mass is 16.5. The maximum Gasteiger partial charge on any atom is 0.208 e. The topological polar surface area (TPSA) is 35.3 Å². The van der Waals surface area contributed by atoms with Crippen molar-refractivity contribution in [1.29, 1.82) is 0 Å². The predicted molar refractivity (Wildman–Crippen MR) is 57.2 cm³/mol. The van der Waals surface area contributed by atoms with E-state index in [2.05, 4.69) is 11.2 Å². The largest absolute Gasteiger partial charge is 0.490 e. The Bertz CT molecular complexity index is 513.